The Morgan fingerprint density at radius 2 is 2.10 bits per heavy atom. The highest BCUT2D eigenvalue weighted by molar-refractivity contribution is 5.94. The van der Waals surface area contributed by atoms with Gasteiger partial charge in [-0.3, -0.25) is 9.59 Å². The van der Waals surface area contributed by atoms with Crippen LogP contribution in [0.15, 0.2) is 18.3 Å². The van der Waals surface area contributed by atoms with Crippen LogP contribution in [0.4, 0.5) is 5.82 Å². The normalized spacial score (nSPS) is 21.5. The Kier molecular flexibility index (Phi) is 4.22. The maximum atomic E-state index is 12.0. The molecule has 20 heavy (non-hydrogen) atoms. The van der Waals surface area contributed by atoms with Crippen molar-refractivity contribution >= 4 is 17.7 Å². The lowest BCUT2D eigenvalue weighted by atomic mass is 10.1. The van der Waals surface area contributed by atoms with Crippen molar-refractivity contribution in [2.24, 2.45) is 5.92 Å². The lowest BCUT2D eigenvalue weighted by molar-refractivity contribution is -0.141. The Labute approximate surface area is 117 Å². The number of carbonyl (C=O) groups excluding carboxylic acids is 1. The van der Waals surface area contributed by atoms with E-state index in [0.717, 1.165) is 5.82 Å². The van der Waals surface area contributed by atoms with E-state index in [9.17, 15) is 9.59 Å². The monoisotopic (exact) mass is 277 g/mol. The summed E-state index contributed by atoms with van der Waals surface area (Å²) in [6.45, 7) is 0. The molecule has 2 rings (SSSR count). The van der Waals surface area contributed by atoms with E-state index in [2.05, 4.69) is 10.3 Å². The van der Waals surface area contributed by atoms with Crippen molar-refractivity contribution in [1.29, 1.82) is 0 Å². The van der Waals surface area contributed by atoms with E-state index in [1.54, 1.807) is 12.1 Å². The van der Waals surface area contributed by atoms with Crippen molar-refractivity contribution in [3.8, 4) is 0 Å². The van der Waals surface area contributed by atoms with Gasteiger partial charge in [-0.05, 0) is 31.4 Å². The molecule has 2 unspecified atom stereocenters. The number of nitrogens with zero attached hydrogens (tertiary/aromatic N) is 2. The zero-order chi connectivity index (χ0) is 14.7. The summed E-state index contributed by atoms with van der Waals surface area (Å²) in [5.41, 5.74) is 0.495. The van der Waals surface area contributed by atoms with Gasteiger partial charge in [-0.2, -0.15) is 0 Å². The highest BCUT2D eigenvalue weighted by Gasteiger charge is 2.30. The van der Waals surface area contributed by atoms with Crippen molar-refractivity contribution < 1.29 is 14.7 Å². The predicted octanol–water partition coefficient (Wildman–Crippen LogP) is 1.13. The topological polar surface area (TPSA) is 82.5 Å². The quantitative estimate of drug-likeness (QED) is 0.862. The van der Waals surface area contributed by atoms with Gasteiger partial charge in [-0.15, -0.1) is 0 Å². The molecular weight excluding hydrogens is 258 g/mol. The zero-order valence-electron chi connectivity index (χ0n) is 11.7. The lowest BCUT2D eigenvalue weighted by Crippen LogP contribution is -2.33. The SMILES string of the molecule is CN(C)c1ccc(C(=O)NC2CCC(C(=O)O)C2)cn1. The average Bonchev–Trinajstić information content (AvgIpc) is 2.87. The number of carboxylic acids is 1. The molecular formula is C14H19N3O3. The van der Waals surface area contributed by atoms with Crippen LogP contribution >= 0.6 is 0 Å². The van der Waals surface area contributed by atoms with Gasteiger partial charge in [0.05, 0.1) is 11.5 Å². The van der Waals surface area contributed by atoms with E-state index in [-0.39, 0.29) is 17.9 Å². The highest BCUT2D eigenvalue weighted by Crippen LogP contribution is 2.25. The second kappa shape index (κ2) is 5.90. The minimum absolute atomic E-state index is 0.0582. The summed E-state index contributed by atoms with van der Waals surface area (Å²) in [5.74, 6) is -0.527. The molecule has 6 heteroatoms. The van der Waals surface area contributed by atoms with Gasteiger partial charge in [0.15, 0.2) is 0 Å². The van der Waals surface area contributed by atoms with Gasteiger partial charge in [-0.25, -0.2) is 4.98 Å². The van der Waals surface area contributed by atoms with Gasteiger partial charge in [0.25, 0.3) is 5.91 Å². The van der Waals surface area contributed by atoms with Crippen molar-refractivity contribution in [2.75, 3.05) is 19.0 Å². The van der Waals surface area contributed by atoms with E-state index in [0.29, 0.717) is 24.8 Å². The number of amides is 1. The summed E-state index contributed by atoms with van der Waals surface area (Å²) < 4.78 is 0. The van der Waals surface area contributed by atoms with Crippen LogP contribution in [0.2, 0.25) is 0 Å². The standard InChI is InChI=1S/C14H19N3O3/c1-17(2)12-6-4-10(8-15-12)13(18)16-11-5-3-9(7-11)14(19)20/h4,6,8-9,11H,3,5,7H2,1-2H3,(H,16,18)(H,19,20). The molecule has 1 aliphatic rings. The molecule has 0 spiro atoms. The molecule has 0 bridgehead atoms. The fourth-order valence-corrected chi connectivity index (χ4v) is 2.39. The predicted molar refractivity (Wildman–Crippen MR) is 74.8 cm³/mol. The number of carbonyl (C=O) groups is 2. The molecule has 1 amide bonds. The Morgan fingerprint density at radius 3 is 2.60 bits per heavy atom. The van der Waals surface area contributed by atoms with Gasteiger partial charge in [-0.1, -0.05) is 0 Å². The maximum absolute atomic E-state index is 12.0. The number of aliphatic carboxylic acids is 1. The Morgan fingerprint density at radius 1 is 1.35 bits per heavy atom. The average molecular weight is 277 g/mol. The molecule has 6 nitrogen and oxygen atoms in total. The number of anilines is 1. The number of pyridine rings is 1. The van der Waals surface area contributed by atoms with E-state index in [1.807, 2.05) is 19.0 Å². The molecule has 1 saturated carbocycles. The molecule has 0 aromatic carbocycles. The third-order valence-corrected chi connectivity index (χ3v) is 3.59. The van der Waals surface area contributed by atoms with Crippen LogP contribution in [-0.4, -0.2) is 42.1 Å². The summed E-state index contributed by atoms with van der Waals surface area (Å²) >= 11 is 0. The molecule has 1 aromatic rings. The number of hydrogen-bond donors (Lipinski definition) is 2. The number of rotatable bonds is 4. The summed E-state index contributed by atoms with van der Waals surface area (Å²) in [7, 11) is 3.76. The number of carboxylic acid groups (broad SMARTS) is 1. The third kappa shape index (κ3) is 3.26. The molecule has 1 fully saturated rings. The minimum Gasteiger partial charge on any atom is -0.481 e. The van der Waals surface area contributed by atoms with Crippen LogP contribution in [0.5, 0.6) is 0 Å². The summed E-state index contributed by atoms with van der Waals surface area (Å²) in [6.07, 6.45) is 3.38. The fraction of sp³-hybridized carbons (Fsp3) is 0.500. The molecule has 1 aliphatic carbocycles. The van der Waals surface area contributed by atoms with Crippen LogP contribution < -0.4 is 10.2 Å². The van der Waals surface area contributed by atoms with Gasteiger partial charge >= 0.3 is 5.97 Å². The molecule has 0 saturated heterocycles. The molecule has 2 N–H and O–H groups in total. The first-order chi connectivity index (χ1) is 9.47. The van der Waals surface area contributed by atoms with Gasteiger partial charge in [0.1, 0.15) is 5.82 Å². The maximum Gasteiger partial charge on any atom is 0.306 e. The first-order valence-corrected chi connectivity index (χ1v) is 6.64. The molecule has 2 atom stereocenters. The van der Waals surface area contributed by atoms with E-state index < -0.39 is 5.97 Å². The first-order valence-electron chi connectivity index (χ1n) is 6.64. The van der Waals surface area contributed by atoms with Crippen LogP contribution in [0.25, 0.3) is 0 Å². The minimum atomic E-state index is -0.779. The van der Waals surface area contributed by atoms with E-state index >= 15 is 0 Å². The van der Waals surface area contributed by atoms with Gasteiger partial charge < -0.3 is 15.3 Å². The van der Waals surface area contributed by atoms with Crippen molar-refractivity contribution in [3.63, 3.8) is 0 Å². The Bertz CT molecular complexity index is 499. The van der Waals surface area contributed by atoms with E-state index in [4.69, 9.17) is 5.11 Å². The van der Waals surface area contributed by atoms with Crippen molar-refractivity contribution in [3.05, 3.63) is 23.9 Å². The fourth-order valence-electron chi connectivity index (χ4n) is 2.39. The second-order valence-corrected chi connectivity index (χ2v) is 5.32. The van der Waals surface area contributed by atoms with Crippen LogP contribution in [0.1, 0.15) is 29.6 Å². The second-order valence-electron chi connectivity index (χ2n) is 5.32. The summed E-state index contributed by atoms with van der Waals surface area (Å²) in [4.78, 5) is 29.0. The number of aromatic nitrogens is 1. The molecule has 0 aliphatic heterocycles. The number of hydrogen-bond acceptors (Lipinski definition) is 4. The summed E-state index contributed by atoms with van der Waals surface area (Å²) in [6, 6.07) is 3.45. The molecule has 1 heterocycles. The molecule has 108 valence electrons. The van der Waals surface area contributed by atoms with Crippen LogP contribution in [0.3, 0.4) is 0 Å². The summed E-state index contributed by atoms with van der Waals surface area (Å²) in [5, 5.41) is 11.8. The smallest absolute Gasteiger partial charge is 0.306 e. The van der Waals surface area contributed by atoms with Crippen molar-refractivity contribution in [1.82, 2.24) is 10.3 Å². The number of nitrogens with one attached hydrogen (secondary N) is 1. The Balaban J connectivity index is 1.94. The zero-order valence-corrected chi connectivity index (χ0v) is 11.7. The third-order valence-electron chi connectivity index (χ3n) is 3.59. The van der Waals surface area contributed by atoms with Crippen LogP contribution in [-0.2, 0) is 4.79 Å². The largest absolute Gasteiger partial charge is 0.481 e. The lowest BCUT2D eigenvalue weighted by Gasteiger charge is -2.14. The molecule has 0 radical (unpaired) electrons. The van der Waals surface area contributed by atoms with Crippen molar-refractivity contribution in [2.45, 2.75) is 25.3 Å². The van der Waals surface area contributed by atoms with Gasteiger partial charge in [0, 0.05) is 26.3 Å². The van der Waals surface area contributed by atoms with Crippen LogP contribution in [0, 0.1) is 5.92 Å². The molecule has 1 aromatic heterocycles. The van der Waals surface area contributed by atoms with E-state index in [1.165, 1.54) is 6.20 Å². The van der Waals surface area contributed by atoms with Gasteiger partial charge in [0.2, 0.25) is 0 Å². The highest BCUT2D eigenvalue weighted by atomic mass is 16.4. The first kappa shape index (κ1) is 14.3. The Hall–Kier alpha value is -2.11.